The van der Waals surface area contributed by atoms with Gasteiger partial charge in [-0.25, -0.2) is 0 Å². The minimum absolute atomic E-state index is 0. The van der Waals surface area contributed by atoms with Gasteiger partial charge in [-0.2, -0.15) is 0 Å². The summed E-state index contributed by atoms with van der Waals surface area (Å²) in [5.41, 5.74) is 0. The monoisotopic (exact) mass is 202 g/mol. The van der Waals surface area contributed by atoms with Gasteiger partial charge in [-0.3, -0.25) is 4.90 Å². The van der Waals surface area contributed by atoms with E-state index in [1.165, 1.54) is 62.9 Å². The van der Waals surface area contributed by atoms with Gasteiger partial charge in [-0.05, 0) is 0 Å². The summed E-state index contributed by atoms with van der Waals surface area (Å²) in [6.45, 7) is 7.25. The third-order valence-corrected chi connectivity index (χ3v) is 4.22. The van der Waals surface area contributed by atoms with Crippen molar-refractivity contribution in [1.82, 2.24) is 4.90 Å². The highest BCUT2D eigenvalue weighted by Gasteiger charge is 2.49. The molecule has 0 aromatic heterocycles. The van der Waals surface area contributed by atoms with E-state index >= 15 is 0 Å². The lowest BCUT2D eigenvalue weighted by Gasteiger charge is -2.52. The zero-order valence-corrected chi connectivity index (χ0v) is 8.97. The zero-order chi connectivity index (χ0) is 8.02. The minimum atomic E-state index is 0. The van der Waals surface area contributed by atoms with E-state index in [0.29, 0.717) is 0 Å². The normalized spacial score (nSPS) is 48.0. The molecule has 3 rings (SSSR count). The molecule has 1 unspecified atom stereocenters. The molecule has 0 aromatic rings. The van der Waals surface area contributed by atoms with E-state index in [-0.39, 0.29) is 12.4 Å². The lowest BCUT2D eigenvalue weighted by Crippen LogP contribution is -3.00. The van der Waals surface area contributed by atoms with Crippen LogP contribution in [0.1, 0.15) is 25.7 Å². The van der Waals surface area contributed by atoms with Crippen molar-refractivity contribution in [3.8, 4) is 0 Å². The number of nitrogens with zero attached hydrogens (tertiary/aromatic N) is 2. The van der Waals surface area contributed by atoms with Gasteiger partial charge in [0, 0.05) is 38.8 Å². The van der Waals surface area contributed by atoms with Crippen LogP contribution in [-0.2, 0) is 0 Å². The van der Waals surface area contributed by atoms with Crippen LogP contribution in [0.5, 0.6) is 0 Å². The fraction of sp³-hybridized carbons (Fsp3) is 1.00. The Labute approximate surface area is 86.9 Å². The predicted molar refractivity (Wildman–Crippen MR) is 48.7 cm³/mol. The maximum absolute atomic E-state index is 2.76. The highest BCUT2D eigenvalue weighted by molar-refractivity contribution is 4.79. The van der Waals surface area contributed by atoms with Gasteiger partial charge in [0.2, 0.25) is 0 Å². The van der Waals surface area contributed by atoms with Gasteiger partial charge >= 0.3 is 0 Å². The summed E-state index contributed by atoms with van der Waals surface area (Å²) in [5.74, 6) is 0. The van der Waals surface area contributed by atoms with Crippen molar-refractivity contribution in [2.24, 2.45) is 0 Å². The van der Waals surface area contributed by atoms with E-state index in [0.717, 1.165) is 6.17 Å². The molecule has 3 aliphatic rings. The zero-order valence-electron chi connectivity index (χ0n) is 8.21. The molecule has 2 bridgehead atoms. The van der Waals surface area contributed by atoms with Gasteiger partial charge in [-0.15, -0.1) is 0 Å². The quantitative estimate of drug-likeness (QED) is 0.413. The number of quaternary nitrogens is 1. The van der Waals surface area contributed by atoms with Crippen LogP contribution in [-0.4, -0.2) is 48.3 Å². The molecule has 0 saturated carbocycles. The Kier molecular flexibility index (Phi) is 2.56. The van der Waals surface area contributed by atoms with Crippen LogP contribution in [0.4, 0.5) is 0 Å². The SMILES string of the molecule is C1CC2N3CCC[N+]2(C1)CCC3.[Cl-]. The Bertz CT molecular complexity index is 185. The number of hydrogen-bond acceptors (Lipinski definition) is 1. The van der Waals surface area contributed by atoms with Gasteiger partial charge in [-0.1, -0.05) is 0 Å². The second-order valence-electron chi connectivity index (χ2n) is 4.76. The molecule has 3 aliphatic heterocycles. The Morgan fingerprint density at radius 1 is 0.923 bits per heavy atom. The molecule has 3 saturated heterocycles. The lowest BCUT2D eigenvalue weighted by atomic mass is 10.1. The number of hydrogen-bond donors (Lipinski definition) is 0. The van der Waals surface area contributed by atoms with Crippen LogP contribution >= 0.6 is 0 Å². The molecule has 0 spiro atoms. The lowest BCUT2D eigenvalue weighted by molar-refractivity contribution is -0.961. The van der Waals surface area contributed by atoms with Gasteiger partial charge in [0.1, 0.15) is 6.17 Å². The van der Waals surface area contributed by atoms with E-state index in [1.54, 1.807) is 0 Å². The van der Waals surface area contributed by atoms with Crippen LogP contribution < -0.4 is 12.4 Å². The first kappa shape index (κ1) is 9.75. The third-order valence-electron chi connectivity index (χ3n) is 4.22. The first-order valence-corrected chi connectivity index (χ1v) is 5.51. The summed E-state index contributed by atoms with van der Waals surface area (Å²) in [6.07, 6.45) is 6.83. The van der Waals surface area contributed by atoms with Gasteiger partial charge in [0.05, 0.1) is 19.6 Å². The molecular formula is C10H19ClN2. The summed E-state index contributed by atoms with van der Waals surface area (Å²) in [6, 6.07) is 0. The molecule has 3 fully saturated rings. The molecule has 0 N–H and O–H groups in total. The molecule has 0 aliphatic carbocycles. The highest BCUT2D eigenvalue weighted by atomic mass is 35.5. The van der Waals surface area contributed by atoms with Crippen molar-refractivity contribution in [3.05, 3.63) is 0 Å². The number of rotatable bonds is 0. The summed E-state index contributed by atoms with van der Waals surface area (Å²) >= 11 is 0. The Hall–Kier alpha value is 0.210. The Morgan fingerprint density at radius 3 is 2.15 bits per heavy atom. The van der Waals surface area contributed by atoms with Crippen LogP contribution in [0.25, 0.3) is 0 Å². The first-order valence-electron chi connectivity index (χ1n) is 5.51. The molecule has 3 heterocycles. The molecule has 76 valence electrons. The summed E-state index contributed by atoms with van der Waals surface area (Å²) in [5, 5.41) is 0. The van der Waals surface area contributed by atoms with Crippen LogP contribution in [0, 0.1) is 0 Å². The summed E-state index contributed by atoms with van der Waals surface area (Å²) in [7, 11) is 0. The van der Waals surface area contributed by atoms with E-state index in [4.69, 9.17) is 0 Å². The summed E-state index contributed by atoms with van der Waals surface area (Å²) < 4.78 is 1.49. The second-order valence-corrected chi connectivity index (χ2v) is 4.76. The molecule has 0 radical (unpaired) electrons. The molecular weight excluding hydrogens is 184 g/mol. The van der Waals surface area contributed by atoms with E-state index < -0.39 is 0 Å². The van der Waals surface area contributed by atoms with Crippen molar-refractivity contribution >= 4 is 0 Å². The van der Waals surface area contributed by atoms with Crippen molar-refractivity contribution in [3.63, 3.8) is 0 Å². The highest BCUT2D eigenvalue weighted by Crippen LogP contribution is 2.36. The van der Waals surface area contributed by atoms with Gasteiger partial charge in [0.15, 0.2) is 0 Å². The molecule has 13 heavy (non-hydrogen) atoms. The van der Waals surface area contributed by atoms with Crippen LogP contribution in [0.2, 0.25) is 0 Å². The average Bonchev–Trinajstić information content (AvgIpc) is 2.47. The first-order chi connectivity index (χ1) is 5.91. The van der Waals surface area contributed by atoms with E-state index in [2.05, 4.69) is 4.90 Å². The fourth-order valence-electron chi connectivity index (χ4n) is 3.76. The smallest absolute Gasteiger partial charge is 0.145 e. The largest absolute Gasteiger partial charge is 1.00 e. The van der Waals surface area contributed by atoms with Crippen molar-refractivity contribution in [1.29, 1.82) is 0 Å². The molecule has 1 atom stereocenters. The molecule has 0 aromatic carbocycles. The molecule has 0 amide bonds. The maximum atomic E-state index is 2.76. The Morgan fingerprint density at radius 2 is 1.54 bits per heavy atom. The van der Waals surface area contributed by atoms with Gasteiger partial charge in [0.25, 0.3) is 0 Å². The Balaban J connectivity index is 0.000000653. The predicted octanol–water partition coefficient (Wildman–Crippen LogP) is -1.96. The van der Waals surface area contributed by atoms with Crippen LogP contribution in [0.15, 0.2) is 0 Å². The topological polar surface area (TPSA) is 3.24 Å². The fourth-order valence-corrected chi connectivity index (χ4v) is 3.76. The van der Waals surface area contributed by atoms with Crippen molar-refractivity contribution < 1.29 is 16.9 Å². The standard InChI is InChI=1S/C10H19N2.ClH/c1-4-10-11-5-2-8-12(10,7-1)9-3-6-11;/h10H,1-9H2;1H/q+1;/p-1. The minimum Gasteiger partial charge on any atom is -1.00 e. The van der Waals surface area contributed by atoms with E-state index in [1.807, 2.05) is 0 Å². The third kappa shape index (κ3) is 1.31. The van der Waals surface area contributed by atoms with Gasteiger partial charge < -0.3 is 16.9 Å². The van der Waals surface area contributed by atoms with Crippen molar-refractivity contribution in [2.75, 3.05) is 32.7 Å². The maximum Gasteiger partial charge on any atom is 0.145 e. The average molecular weight is 203 g/mol. The summed E-state index contributed by atoms with van der Waals surface area (Å²) in [4.78, 5) is 2.76. The molecule has 2 nitrogen and oxygen atoms in total. The number of halogens is 1. The van der Waals surface area contributed by atoms with Crippen molar-refractivity contribution in [2.45, 2.75) is 31.8 Å². The van der Waals surface area contributed by atoms with E-state index in [9.17, 15) is 0 Å². The molecule has 3 heteroatoms. The second kappa shape index (κ2) is 3.41. The van der Waals surface area contributed by atoms with Crippen LogP contribution in [0.3, 0.4) is 0 Å².